The number of rotatable bonds is 4. The summed E-state index contributed by atoms with van der Waals surface area (Å²) in [7, 11) is 1.58. The maximum absolute atomic E-state index is 12.4. The van der Waals surface area contributed by atoms with Crippen molar-refractivity contribution in [3.8, 4) is 5.75 Å². The van der Waals surface area contributed by atoms with Crippen molar-refractivity contribution in [2.24, 2.45) is 5.92 Å². The summed E-state index contributed by atoms with van der Waals surface area (Å²) in [6.07, 6.45) is 0.166. The minimum Gasteiger partial charge on any atom is -0.497 e. The second-order valence-electron chi connectivity index (χ2n) is 5.72. The zero-order chi connectivity index (χ0) is 18.0. The highest BCUT2D eigenvalue weighted by Crippen LogP contribution is 2.29. The molecule has 1 N–H and O–H groups in total. The zero-order valence-corrected chi connectivity index (χ0v) is 15.0. The Morgan fingerprint density at radius 1 is 1.16 bits per heavy atom. The third-order valence-electron chi connectivity index (χ3n) is 4.07. The maximum Gasteiger partial charge on any atom is 0.229 e. The number of halogens is 2. The number of carbonyl (C=O) groups excluding carboxylic acids is 2. The number of methoxy groups -OCH3 is 1. The van der Waals surface area contributed by atoms with Gasteiger partial charge in [-0.2, -0.15) is 0 Å². The Morgan fingerprint density at radius 3 is 2.52 bits per heavy atom. The monoisotopic (exact) mass is 378 g/mol. The summed E-state index contributed by atoms with van der Waals surface area (Å²) in [6.45, 7) is 0.332. The molecule has 2 aromatic rings. The molecule has 1 saturated heterocycles. The van der Waals surface area contributed by atoms with Gasteiger partial charge in [-0.15, -0.1) is 0 Å². The molecule has 3 rings (SSSR count). The summed E-state index contributed by atoms with van der Waals surface area (Å²) in [5.41, 5.74) is 1.30. The third-order valence-corrected chi connectivity index (χ3v) is 4.81. The number of benzene rings is 2. The lowest BCUT2D eigenvalue weighted by molar-refractivity contribution is -0.122. The van der Waals surface area contributed by atoms with Gasteiger partial charge in [0.05, 0.1) is 23.1 Å². The van der Waals surface area contributed by atoms with Crippen LogP contribution >= 0.6 is 23.2 Å². The van der Waals surface area contributed by atoms with Crippen LogP contribution in [0.25, 0.3) is 0 Å². The maximum atomic E-state index is 12.4. The minimum absolute atomic E-state index is 0.0838. The van der Waals surface area contributed by atoms with Gasteiger partial charge in [0.2, 0.25) is 11.8 Å². The molecule has 25 heavy (non-hydrogen) atoms. The molecule has 0 radical (unpaired) electrons. The number of anilines is 2. The van der Waals surface area contributed by atoms with Crippen LogP contribution in [-0.2, 0) is 9.59 Å². The van der Waals surface area contributed by atoms with Crippen molar-refractivity contribution in [1.82, 2.24) is 0 Å². The number of hydrogen-bond acceptors (Lipinski definition) is 3. The van der Waals surface area contributed by atoms with E-state index in [0.29, 0.717) is 28.0 Å². The summed E-state index contributed by atoms with van der Waals surface area (Å²) in [4.78, 5) is 26.3. The number of carbonyl (C=O) groups is 2. The van der Waals surface area contributed by atoms with Gasteiger partial charge in [0.15, 0.2) is 0 Å². The molecule has 0 aliphatic carbocycles. The van der Waals surface area contributed by atoms with Crippen LogP contribution in [0.1, 0.15) is 6.42 Å². The lowest BCUT2D eigenvalue weighted by Gasteiger charge is -2.17. The molecule has 0 unspecified atom stereocenters. The first-order chi connectivity index (χ1) is 12.0. The van der Waals surface area contributed by atoms with E-state index in [1.807, 2.05) is 0 Å². The number of amides is 2. The Morgan fingerprint density at radius 2 is 1.88 bits per heavy atom. The molecule has 0 saturated carbocycles. The summed E-state index contributed by atoms with van der Waals surface area (Å²) < 4.78 is 5.11. The largest absolute Gasteiger partial charge is 0.497 e. The molecule has 2 aromatic carbocycles. The lowest BCUT2D eigenvalue weighted by atomic mass is 10.1. The second kappa shape index (κ2) is 7.33. The van der Waals surface area contributed by atoms with E-state index in [9.17, 15) is 9.59 Å². The van der Waals surface area contributed by atoms with Crippen molar-refractivity contribution >= 4 is 46.4 Å². The molecule has 0 aromatic heterocycles. The number of hydrogen-bond donors (Lipinski definition) is 1. The van der Waals surface area contributed by atoms with E-state index < -0.39 is 5.92 Å². The van der Waals surface area contributed by atoms with Gasteiger partial charge in [0.25, 0.3) is 0 Å². The van der Waals surface area contributed by atoms with Crippen molar-refractivity contribution in [3.05, 3.63) is 52.5 Å². The Bertz CT molecular complexity index is 808. The molecule has 5 nitrogen and oxygen atoms in total. The van der Waals surface area contributed by atoms with Crippen LogP contribution in [0.2, 0.25) is 10.0 Å². The minimum atomic E-state index is -0.427. The fourth-order valence-electron chi connectivity index (χ4n) is 2.71. The molecule has 1 aliphatic heterocycles. The van der Waals surface area contributed by atoms with Crippen molar-refractivity contribution in [2.75, 3.05) is 23.9 Å². The normalized spacial score (nSPS) is 16.8. The van der Waals surface area contributed by atoms with Gasteiger partial charge in [-0.3, -0.25) is 9.59 Å². The van der Waals surface area contributed by atoms with Crippen LogP contribution in [0.5, 0.6) is 5.75 Å². The van der Waals surface area contributed by atoms with Gasteiger partial charge in [-0.05, 0) is 42.5 Å². The molecule has 130 valence electrons. The van der Waals surface area contributed by atoms with E-state index in [-0.39, 0.29) is 18.2 Å². The molecule has 1 fully saturated rings. The van der Waals surface area contributed by atoms with Gasteiger partial charge < -0.3 is 15.0 Å². The standard InChI is InChI=1S/C18H16Cl2N2O3/c1-25-14-5-3-13(4-6-14)22-10-11(8-17(22)23)18(24)21-12-2-7-15(19)16(20)9-12/h2-7,9,11H,8,10H2,1H3,(H,21,24)/t11-/m1/s1. The second-order valence-corrected chi connectivity index (χ2v) is 6.54. The average molecular weight is 379 g/mol. The quantitative estimate of drug-likeness (QED) is 0.874. The van der Waals surface area contributed by atoms with E-state index in [0.717, 1.165) is 5.69 Å². The molecule has 0 spiro atoms. The lowest BCUT2D eigenvalue weighted by Crippen LogP contribution is -2.28. The smallest absolute Gasteiger partial charge is 0.229 e. The summed E-state index contributed by atoms with van der Waals surface area (Å²) in [5, 5.41) is 3.56. The van der Waals surface area contributed by atoms with Gasteiger partial charge in [0.1, 0.15) is 5.75 Å². The van der Waals surface area contributed by atoms with E-state index in [1.54, 1.807) is 54.5 Å². The fourth-order valence-corrected chi connectivity index (χ4v) is 3.01. The SMILES string of the molecule is COc1ccc(N2C[C@H](C(=O)Nc3ccc(Cl)c(Cl)c3)CC2=O)cc1. The average Bonchev–Trinajstić information content (AvgIpc) is 3.00. The first kappa shape index (κ1) is 17.6. The van der Waals surface area contributed by atoms with E-state index in [2.05, 4.69) is 5.32 Å². The van der Waals surface area contributed by atoms with Crippen LogP contribution < -0.4 is 15.0 Å². The van der Waals surface area contributed by atoms with Crippen LogP contribution in [0, 0.1) is 5.92 Å². The molecule has 1 aliphatic rings. The third kappa shape index (κ3) is 3.89. The predicted molar refractivity (Wildman–Crippen MR) is 98.5 cm³/mol. The Hall–Kier alpha value is -2.24. The van der Waals surface area contributed by atoms with Crippen molar-refractivity contribution in [3.63, 3.8) is 0 Å². The molecule has 1 heterocycles. The molecule has 1 atom stereocenters. The predicted octanol–water partition coefficient (Wildman–Crippen LogP) is 3.99. The highest BCUT2D eigenvalue weighted by molar-refractivity contribution is 6.42. The van der Waals surface area contributed by atoms with Gasteiger partial charge in [0, 0.05) is 24.3 Å². The van der Waals surface area contributed by atoms with Crippen molar-refractivity contribution in [1.29, 1.82) is 0 Å². The van der Waals surface area contributed by atoms with Gasteiger partial charge in [-0.25, -0.2) is 0 Å². The number of ether oxygens (including phenoxy) is 1. The fraction of sp³-hybridized carbons (Fsp3) is 0.222. The van der Waals surface area contributed by atoms with Crippen LogP contribution in [0.15, 0.2) is 42.5 Å². The molecule has 0 bridgehead atoms. The van der Waals surface area contributed by atoms with E-state index in [1.165, 1.54) is 0 Å². The summed E-state index contributed by atoms with van der Waals surface area (Å²) >= 11 is 11.8. The first-order valence-corrected chi connectivity index (χ1v) is 8.44. The molecular formula is C18H16Cl2N2O3. The highest BCUT2D eigenvalue weighted by Gasteiger charge is 2.35. The summed E-state index contributed by atoms with van der Waals surface area (Å²) in [6, 6.07) is 12.0. The summed E-state index contributed by atoms with van der Waals surface area (Å²) in [5.74, 6) is -0.0180. The van der Waals surface area contributed by atoms with Crippen LogP contribution in [0.3, 0.4) is 0 Å². The van der Waals surface area contributed by atoms with E-state index in [4.69, 9.17) is 27.9 Å². The van der Waals surface area contributed by atoms with Gasteiger partial charge in [-0.1, -0.05) is 23.2 Å². The molecular weight excluding hydrogens is 363 g/mol. The van der Waals surface area contributed by atoms with Crippen LogP contribution in [0.4, 0.5) is 11.4 Å². The molecule has 2 amide bonds. The van der Waals surface area contributed by atoms with E-state index >= 15 is 0 Å². The molecule has 7 heteroatoms. The van der Waals surface area contributed by atoms with Crippen molar-refractivity contribution < 1.29 is 14.3 Å². The first-order valence-electron chi connectivity index (χ1n) is 7.68. The Kier molecular flexibility index (Phi) is 5.16. The van der Waals surface area contributed by atoms with Crippen LogP contribution in [-0.4, -0.2) is 25.5 Å². The topological polar surface area (TPSA) is 58.6 Å². The zero-order valence-electron chi connectivity index (χ0n) is 13.5. The number of nitrogens with zero attached hydrogens (tertiary/aromatic N) is 1. The Balaban J connectivity index is 1.68. The highest BCUT2D eigenvalue weighted by atomic mass is 35.5. The number of nitrogens with one attached hydrogen (secondary N) is 1. The van der Waals surface area contributed by atoms with Gasteiger partial charge >= 0.3 is 0 Å². The van der Waals surface area contributed by atoms with Crippen molar-refractivity contribution in [2.45, 2.75) is 6.42 Å². The Labute approximate surface area is 155 Å².